The standard InChI is InChI=1S/C10H9BrO4/c11-7(10(12)13)3-6-1-2-8-9(4-6)15-5-14-8/h1-2,4,7H,3,5H2,(H,12,13)/t7-/m0/s1. The van der Waals surface area contributed by atoms with Crippen LogP contribution < -0.4 is 9.47 Å². The Hall–Kier alpha value is -1.23. The van der Waals surface area contributed by atoms with Gasteiger partial charge in [-0.05, 0) is 24.1 Å². The van der Waals surface area contributed by atoms with E-state index in [0.717, 1.165) is 5.56 Å². The Bertz CT molecular complexity index is 391. The third-order valence-electron chi connectivity index (χ3n) is 2.12. The molecule has 2 rings (SSSR count). The van der Waals surface area contributed by atoms with Crippen LogP contribution in [0.3, 0.4) is 0 Å². The van der Waals surface area contributed by atoms with Crippen LogP contribution in [0.1, 0.15) is 5.56 Å². The highest BCUT2D eigenvalue weighted by molar-refractivity contribution is 9.10. The minimum Gasteiger partial charge on any atom is -0.480 e. The largest absolute Gasteiger partial charge is 0.480 e. The maximum Gasteiger partial charge on any atom is 0.317 e. The minimum atomic E-state index is -0.868. The number of hydrogen-bond donors (Lipinski definition) is 1. The van der Waals surface area contributed by atoms with Crippen LogP contribution in [-0.2, 0) is 11.2 Å². The summed E-state index contributed by atoms with van der Waals surface area (Å²) in [5, 5.41) is 8.73. The lowest BCUT2D eigenvalue weighted by molar-refractivity contribution is -0.136. The van der Waals surface area contributed by atoms with Crippen molar-refractivity contribution in [3.63, 3.8) is 0 Å². The van der Waals surface area contributed by atoms with Crippen molar-refractivity contribution >= 4 is 21.9 Å². The lowest BCUT2D eigenvalue weighted by Crippen LogP contribution is -2.15. The molecular formula is C10H9BrO4. The van der Waals surface area contributed by atoms with Crippen molar-refractivity contribution in [3.05, 3.63) is 23.8 Å². The first kappa shape index (κ1) is 10.3. The normalized spacial score (nSPS) is 15.0. The Morgan fingerprint density at radius 3 is 2.93 bits per heavy atom. The zero-order valence-corrected chi connectivity index (χ0v) is 9.36. The number of aliphatic carboxylic acids is 1. The number of hydrogen-bond acceptors (Lipinski definition) is 3. The van der Waals surface area contributed by atoms with E-state index in [2.05, 4.69) is 15.9 Å². The highest BCUT2D eigenvalue weighted by Crippen LogP contribution is 2.33. The quantitative estimate of drug-likeness (QED) is 0.853. The Morgan fingerprint density at radius 1 is 1.47 bits per heavy atom. The van der Waals surface area contributed by atoms with Gasteiger partial charge in [0.05, 0.1) is 0 Å². The van der Waals surface area contributed by atoms with Gasteiger partial charge >= 0.3 is 5.97 Å². The van der Waals surface area contributed by atoms with E-state index in [4.69, 9.17) is 14.6 Å². The highest BCUT2D eigenvalue weighted by Gasteiger charge is 2.17. The molecule has 0 fully saturated rings. The number of carboxylic acids is 1. The third kappa shape index (κ3) is 2.23. The van der Waals surface area contributed by atoms with Crippen LogP contribution in [0.25, 0.3) is 0 Å². The summed E-state index contributed by atoms with van der Waals surface area (Å²) in [6.07, 6.45) is 0.423. The molecule has 0 bridgehead atoms. The molecule has 0 aromatic heterocycles. The van der Waals surface area contributed by atoms with Crippen molar-refractivity contribution in [3.8, 4) is 11.5 Å². The van der Waals surface area contributed by atoms with Crippen LogP contribution in [-0.4, -0.2) is 22.7 Å². The molecule has 1 aliphatic rings. The van der Waals surface area contributed by atoms with Crippen LogP contribution in [0, 0.1) is 0 Å². The zero-order valence-electron chi connectivity index (χ0n) is 7.77. The molecule has 0 amide bonds. The average Bonchev–Trinajstić information content (AvgIpc) is 2.64. The number of rotatable bonds is 3. The lowest BCUT2D eigenvalue weighted by atomic mass is 10.1. The second kappa shape index (κ2) is 4.10. The Morgan fingerprint density at radius 2 is 2.20 bits per heavy atom. The molecule has 1 aromatic rings. The predicted molar refractivity (Wildman–Crippen MR) is 56.6 cm³/mol. The topological polar surface area (TPSA) is 55.8 Å². The molecule has 1 heterocycles. The first-order chi connectivity index (χ1) is 7.16. The summed E-state index contributed by atoms with van der Waals surface area (Å²) in [5.74, 6) is 0.519. The summed E-state index contributed by atoms with van der Waals surface area (Å²) < 4.78 is 10.4. The smallest absolute Gasteiger partial charge is 0.317 e. The number of fused-ring (bicyclic) bond motifs is 1. The van der Waals surface area contributed by atoms with E-state index in [1.54, 1.807) is 12.1 Å². The monoisotopic (exact) mass is 272 g/mol. The van der Waals surface area contributed by atoms with Crippen molar-refractivity contribution in [1.82, 2.24) is 0 Å². The van der Waals surface area contributed by atoms with Crippen LogP contribution in [0.15, 0.2) is 18.2 Å². The molecule has 1 N–H and O–H groups in total. The fraction of sp³-hybridized carbons (Fsp3) is 0.300. The van der Waals surface area contributed by atoms with Crippen molar-refractivity contribution in [2.75, 3.05) is 6.79 Å². The van der Waals surface area contributed by atoms with Gasteiger partial charge in [0, 0.05) is 0 Å². The van der Waals surface area contributed by atoms with E-state index in [1.807, 2.05) is 6.07 Å². The van der Waals surface area contributed by atoms with Crippen LogP contribution in [0.4, 0.5) is 0 Å². The van der Waals surface area contributed by atoms with Crippen molar-refractivity contribution in [2.45, 2.75) is 11.2 Å². The van der Waals surface area contributed by atoms with Crippen LogP contribution in [0.5, 0.6) is 11.5 Å². The van der Waals surface area contributed by atoms with Gasteiger partial charge in [0.25, 0.3) is 0 Å². The van der Waals surface area contributed by atoms with Gasteiger partial charge in [0.15, 0.2) is 11.5 Å². The van der Waals surface area contributed by atoms with Crippen LogP contribution >= 0.6 is 15.9 Å². The first-order valence-corrected chi connectivity index (χ1v) is 5.34. The number of carbonyl (C=O) groups is 1. The summed E-state index contributed by atoms with van der Waals surface area (Å²) in [4.78, 5) is 10.1. The molecule has 4 nitrogen and oxygen atoms in total. The molecule has 1 aliphatic heterocycles. The summed E-state index contributed by atoms with van der Waals surface area (Å²) in [6.45, 7) is 0.232. The molecule has 80 valence electrons. The Labute approximate surface area is 94.9 Å². The summed E-state index contributed by atoms with van der Waals surface area (Å²) >= 11 is 3.09. The van der Waals surface area contributed by atoms with E-state index in [0.29, 0.717) is 17.9 Å². The SMILES string of the molecule is O=C(O)[C@@H](Br)Cc1ccc2c(c1)OCO2. The molecule has 5 heteroatoms. The zero-order chi connectivity index (χ0) is 10.8. The van der Waals surface area contributed by atoms with Gasteiger partial charge in [-0.2, -0.15) is 0 Å². The maximum atomic E-state index is 10.6. The summed E-state index contributed by atoms with van der Waals surface area (Å²) in [6, 6.07) is 5.43. The van der Waals surface area contributed by atoms with E-state index in [9.17, 15) is 4.79 Å². The molecule has 0 saturated heterocycles. The van der Waals surface area contributed by atoms with Gasteiger partial charge < -0.3 is 14.6 Å². The van der Waals surface area contributed by atoms with Gasteiger partial charge in [-0.3, -0.25) is 4.79 Å². The molecule has 1 aromatic carbocycles. The van der Waals surface area contributed by atoms with Gasteiger partial charge in [-0.1, -0.05) is 22.0 Å². The van der Waals surface area contributed by atoms with E-state index >= 15 is 0 Å². The summed E-state index contributed by atoms with van der Waals surface area (Å²) in [7, 11) is 0. The fourth-order valence-electron chi connectivity index (χ4n) is 1.36. The molecular weight excluding hydrogens is 264 g/mol. The third-order valence-corrected chi connectivity index (χ3v) is 2.84. The fourth-order valence-corrected chi connectivity index (χ4v) is 1.74. The predicted octanol–water partition coefficient (Wildman–Crippen LogP) is 1.81. The molecule has 15 heavy (non-hydrogen) atoms. The van der Waals surface area contributed by atoms with Crippen molar-refractivity contribution in [1.29, 1.82) is 0 Å². The first-order valence-electron chi connectivity index (χ1n) is 4.42. The molecule has 0 saturated carbocycles. The number of benzene rings is 1. The minimum absolute atomic E-state index is 0.232. The van der Waals surface area contributed by atoms with Gasteiger partial charge in [0.1, 0.15) is 4.83 Å². The number of alkyl halides is 1. The second-order valence-corrected chi connectivity index (χ2v) is 4.30. The summed E-state index contributed by atoms with van der Waals surface area (Å²) in [5.41, 5.74) is 0.906. The lowest BCUT2D eigenvalue weighted by Gasteiger charge is -2.05. The van der Waals surface area contributed by atoms with Crippen molar-refractivity contribution < 1.29 is 19.4 Å². The maximum absolute atomic E-state index is 10.6. The van der Waals surface area contributed by atoms with E-state index in [1.165, 1.54) is 0 Å². The van der Waals surface area contributed by atoms with Crippen LogP contribution in [0.2, 0.25) is 0 Å². The molecule has 1 atom stereocenters. The Kier molecular flexibility index (Phi) is 2.81. The average molecular weight is 273 g/mol. The number of ether oxygens (including phenoxy) is 2. The number of carboxylic acid groups (broad SMARTS) is 1. The van der Waals surface area contributed by atoms with Gasteiger partial charge in [-0.25, -0.2) is 0 Å². The van der Waals surface area contributed by atoms with Gasteiger partial charge in [0.2, 0.25) is 6.79 Å². The molecule has 0 spiro atoms. The molecule has 0 unspecified atom stereocenters. The van der Waals surface area contributed by atoms with Crippen molar-refractivity contribution in [2.24, 2.45) is 0 Å². The van der Waals surface area contributed by atoms with E-state index < -0.39 is 10.8 Å². The van der Waals surface area contributed by atoms with Gasteiger partial charge in [-0.15, -0.1) is 0 Å². The molecule has 0 aliphatic carbocycles. The Balaban J connectivity index is 2.13. The van der Waals surface area contributed by atoms with E-state index in [-0.39, 0.29) is 6.79 Å². The number of halogens is 1. The highest BCUT2D eigenvalue weighted by atomic mass is 79.9. The second-order valence-electron chi connectivity index (χ2n) is 3.20. The molecule has 0 radical (unpaired) electrons.